The molecular weight excluding hydrogens is 280 g/mol. The summed E-state index contributed by atoms with van der Waals surface area (Å²) in [5, 5.41) is 13.8. The lowest BCUT2D eigenvalue weighted by Gasteiger charge is -2.14. The number of nitrogens with zero attached hydrogens (tertiary/aromatic N) is 1. The Morgan fingerprint density at radius 1 is 1.48 bits per heavy atom. The normalized spacial score (nSPS) is 11.5. The third kappa shape index (κ3) is 6.41. The molecule has 0 saturated carbocycles. The maximum atomic E-state index is 11.6. The van der Waals surface area contributed by atoms with E-state index in [0.29, 0.717) is 13.0 Å². The van der Waals surface area contributed by atoms with Crippen molar-refractivity contribution in [2.75, 3.05) is 13.7 Å². The number of amides is 2. The number of urea groups is 1. The first-order valence-electron chi connectivity index (χ1n) is 6.34. The molecule has 9 nitrogen and oxygen atoms in total. The molecule has 0 unspecified atom stereocenters. The molecule has 0 spiro atoms. The van der Waals surface area contributed by atoms with E-state index < -0.39 is 24.0 Å². The average molecular weight is 298 g/mol. The van der Waals surface area contributed by atoms with Crippen molar-refractivity contribution in [3.05, 3.63) is 18.2 Å². The molecule has 1 heterocycles. The highest BCUT2D eigenvalue weighted by molar-refractivity contribution is 5.83. The van der Waals surface area contributed by atoms with Crippen LogP contribution < -0.4 is 10.6 Å². The Labute approximate surface area is 121 Å². The minimum atomic E-state index is -1.21. The number of H-pyrrole nitrogens is 1. The Kier molecular flexibility index (Phi) is 6.72. The van der Waals surface area contributed by atoms with Gasteiger partial charge in [-0.3, -0.25) is 4.79 Å². The van der Waals surface area contributed by atoms with Crippen molar-refractivity contribution in [3.63, 3.8) is 0 Å². The molecule has 0 aliphatic carbocycles. The van der Waals surface area contributed by atoms with Crippen molar-refractivity contribution < 1.29 is 24.2 Å². The van der Waals surface area contributed by atoms with Crippen LogP contribution in [-0.2, 0) is 20.7 Å². The molecule has 1 rings (SSSR count). The molecule has 0 aliphatic heterocycles. The number of hydrogen-bond donors (Lipinski definition) is 4. The molecule has 0 aromatic carbocycles. The summed E-state index contributed by atoms with van der Waals surface area (Å²) in [6, 6.07) is -1.75. The van der Waals surface area contributed by atoms with E-state index in [4.69, 9.17) is 5.11 Å². The first-order valence-corrected chi connectivity index (χ1v) is 6.34. The van der Waals surface area contributed by atoms with Crippen LogP contribution >= 0.6 is 0 Å². The highest BCUT2D eigenvalue weighted by atomic mass is 16.5. The van der Waals surface area contributed by atoms with Crippen LogP contribution in [0.5, 0.6) is 0 Å². The zero-order valence-electron chi connectivity index (χ0n) is 11.6. The van der Waals surface area contributed by atoms with Crippen molar-refractivity contribution in [2.45, 2.75) is 25.3 Å². The average Bonchev–Trinajstić information content (AvgIpc) is 2.95. The van der Waals surface area contributed by atoms with E-state index in [-0.39, 0.29) is 12.8 Å². The van der Waals surface area contributed by atoms with E-state index in [9.17, 15) is 14.4 Å². The summed E-state index contributed by atoms with van der Waals surface area (Å²) in [6.07, 6.45) is 3.60. The summed E-state index contributed by atoms with van der Waals surface area (Å²) >= 11 is 0. The number of hydrogen-bond acceptors (Lipinski definition) is 5. The molecule has 21 heavy (non-hydrogen) atoms. The van der Waals surface area contributed by atoms with Gasteiger partial charge in [-0.05, 0) is 6.42 Å². The van der Waals surface area contributed by atoms with Crippen molar-refractivity contribution in [1.29, 1.82) is 0 Å². The van der Waals surface area contributed by atoms with Crippen molar-refractivity contribution >= 4 is 18.0 Å². The van der Waals surface area contributed by atoms with Gasteiger partial charge in [0.2, 0.25) is 0 Å². The van der Waals surface area contributed by atoms with Crippen molar-refractivity contribution in [1.82, 2.24) is 20.6 Å². The number of carbonyl (C=O) groups excluding carboxylic acids is 2. The number of methoxy groups -OCH3 is 1. The lowest BCUT2D eigenvalue weighted by molar-refractivity contribution is -0.142. The summed E-state index contributed by atoms with van der Waals surface area (Å²) in [4.78, 5) is 40.3. The molecule has 0 radical (unpaired) electrons. The van der Waals surface area contributed by atoms with Gasteiger partial charge >= 0.3 is 18.0 Å². The van der Waals surface area contributed by atoms with Crippen LogP contribution in [0.3, 0.4) is 0 Å². The molecule has 1 aromatic rings. The highest BCUT2D eigenvalue weighted by Gasteiger charge is 2.20. The summed E-state index contributed by atoms with van der Waals surface area (Å²) in [5.74, 6) is -1.73. The van der Waals surface area contributed by atoms with Gasteiger partial charge in [-0.1, -0.05) is 0 Å². The van der Waals surface area contributed by atoms with Crippen LogP contribution in [0.2, 0.25) is 0 Å². The van der Waals surface area contributed by atoms with E-state index in [1.807, 2.05) is 0 Å². The molecular formula is C12H18N4O5. The predicted octanol–water partition coefficient (Wildman–Crippen LogP) is -0.342. The highest BCUT2D eigenvalue weighted by Crippen LogP contribution is 1.99. The lowest BCUT2D eigenvalue weighted by Crippen LogP contribution is -2.46. The van der Waals surface area contributed by atoms with E-state index in [2.05, 4.69) is 25.3 Å². The van der Waals surface area contributed by atoms with Gasteiger partial charge in [-0.2, -0.15) is 0 Å². The third-order valence-corrected chi connectivity index (χ3v) is 2.70. The van der Waals surface area contributed by atoms with Gasteiger partial charge in [0.1, 0.15) is 6.04 Å². The quantitative estimate of drug-likeness (QED) is 0.485. The second-order valence-corrected chi connectivity index (χ2v) is 4.23. The molecule has 0 fully saturated rings. The zero-order chi connectivity index (χ0) is 15.7. The van der Waals surface area contributed by atoms with E-state index >= 15 is 0 Å². The number of aromatic amines is 1. The summed E-state index contributed by atoms with van der Waals surface area (Å²) in [5.41, 5.74) is 0.857. The molecule has 0 bridgehead atoms. The van der Waals surface area contributed by atoms with Gasteiger partial charge in [0, 0.05) is 31.3 Å². The van der Waals surface area contributed by atoms with Crippen molar-refractivity contribution in [3.8, 4) is 0 Å². The number of esters is 1. The van der Waals surface area contributed by atoms with Crippen LogP contribution in [0.15, 0.2) is 12.5 Å². The molecule has 0 saturated heterocycles. The number of carboxylic acids is 1. The van der Waals surface area contributed by atoms with E-state index in [1.54, 1.807) is 6.20 Å². The Hall–Kier alpha value is -2.58. The van der Waals surface area contributed by atoms with Gasteiger partial charge in [-0.25, -0.2) is 14.6 Å². The second-order valence-electron chi connectivity index (χ2n) is 4.23. The maximum Gasteiger partial charge on any atom is 0.326 e. The Balaban J connectivity index is 2.31. The van der Waals surface area contributed by atoms with Crippen LogP contribution in [0, 0.1) is 0 Å². The topological polar surface area (TPSA) is 133 Å². The lowest BCUT2D eigenvalue weighted by atomic mass is 10.1. The van der Waals surface area contributed by atoms with Crippen LogP contribution in [-0.4, -0.2) is 52.7 Å². The molecule has 1 aromatic heterocycles. The number of imidazole rings is 1. The van der Waals surface area contributed by atoms with Gasteiger partial charge in [-0.15, -0.1) is 0 Å². The van der Waals surface area contributed by atoms with Crippen molar-refractivity contribution in [2.24, 2.45) is 0 Å². The number of aromatic nitrogens is 2. The fourth-order valence-electron chi connectivity index (χ4n) is 1.56. The zero-order valence-corrected chi connectivity index (χ0v) is 11.6. The first-order chi connectivity index (χ1) is 10.0. The number of aliphatic carboxylic acids is 1. The molecule has 116 valence electrons. The number of nitrogens with one attached hydrogen (secondary N) is 3. The SMILES string of the molecule is COC(=O)CC[C@@H](NC(=O)NCCc1cnc[nH]1)C(=O)O. The van der Waals surface area contributed by atoms with Gasteiger partial charge in [0.05, 0.1) is 13.4 Å². The summed E-state index contributed by atoms with van der Waals surface area (Å²) in [6.45, 7) is 0.331. The van der Waals surface area contributed by atoms with E-state index in [0.717, 1.165) is 5.69 Å². The monoisotopic (exact) mass is 298 g/mol. The molecule has 2 amide bonds. The molecule has 9 heteroatoms. The number of carboxylic acid groups (broad SMARTS) is 1. The Bertz CT molecular complexity index is 474. The number of carbonyl (C=O) groups is 3. The minimum absolute atomic E-state index is 0.0318. The molecule has 4 N–H and O–H groups in total. The first kappa shape index (κ1) is 16.5. The van der Waals surface area contributed by atoms with E-state index in [1.165, 1.54) is 13.4 Å². The second kappa shape index (κ2) is 8.56. The van der Waals surface area contributed by atoms with Crippen LogP contribution in [0.25, 0.3) is 0 Å². The fraction of sp³-hybridized carbons (Fsp3) is 0.500. The predicted molar refractivity (Wildman–Crippen MR) is 71.5 cm³/mol. The molecule has 0 aliphatic rings. The minimum Gasteiger partial charge on any atom is -0.480 e. The van der Waals surface area contributed by atoms with Gasteiger partial charge in [0.15, 0.2) is 0 Å². The van der Waals surface area contributed by atoms with Crippen LogP contribution in [0.1, 0.15) is 18.5 Å². The largest absolute Gasteiger partial charge is 0.480 e. The van der Waals surface area contributed by atoms with Gasteiger partial charge < -0.3 is 25.5 Å². The summed E-state index contributed by atoms with van der Waals surface area (Å²) in [7, 11) is 1.22. The maximum absolute atomic E-state index is 11.6. The Morgan fingerprint density at radius 3 is 2.81 bits per heavy atom. The standard InChI is InChI=1S/C12H18N4O5/c1-21-10(17)3-2-9(11(18)19)16-12(20)14-5-4-8-6-13-7-15-8/h6-7,9H,2-5H2,1H3,(H,13,15)(H,18,19)(H2,14,16,20)/t9-/m1/s1. The number of rotatable bonds is 8. The molecule has 1 atom stereocenters. The van der Waals surface area contributed by atoms with Gasteiger partial charge in [0.25, 0.3) is 0 Å². The fourth-order valence-corrected chi connectivity index (χ4v) is 1.56. The van der Waals surface area contributed by atoms with Crippen LogP contribution in [0.4, 0.5) is 4.79 Å². The summed E-state index contributed by atoms with van der Waals surface area (Å²) < 4.78 is 4.42. The Morgan fingerprint density at radius 2 is 2.24 bits per heavy atom. The number of ether oxygens (including phenoxy) is 1. The smallest absolute Gasteiger partial charge is 0.326 e. The third-order valence-electron chi connectivity index (χ3n) is 2.70.